The van der Waals surface area contributed by atoms with Crippen LogP contribution < -0.4 is 4.74 Å². The maximum atomic E-state index is 12.8. The number of benzene rings is 1. The number of nitrogens with zero attached hydrogens (tertiary/aromatic N) is 2. The molecule has 126 valence electrons. The molecule has 2 aromatic rings. The maximum absolute atomic E-state index is 12.8. The van der Waals surface area contributed by atoms with Crippen molar-refractivity contribution >= 4 is 11.8 Å². The van der Waals surface area contributed by atoms with Crippen molar-refractivity contribution in [2.45, 2.75) is 6.42 Å². The van der Waals surface area contributed by atoms with Crippen molar-refractivity contribution in [1.29, 1.82) is 0 Å². The smallest absolute Gasteiger partial charge is 0.289 e. The van der Waals surface area contributed by atoms with Crippen molar-refractivity contribution in [3.63, 3.8) is 0 Å². The highest BCUT2D eigenvalue weighted by molar-refractivity contribution is 5.97. The van der Waals surface area contributed by atoms with E-state index in [0.29, 0.717) is 43.3 Å². The van der Waals surface area contributed by atoms with Crippen LogP contribution in [0.1, 0.15) is 27.3 Å². The van der Waals surface area contributed by atoms with Crippen LogP contribution in [0.4, 0.5) is 0 Å². The number of hydrogen-bond donors (Lipinski definition) is 0. The highest BCUT2D eigenvalue weighted by Gasteiger charge is 2.25. The Balaban J connectivity index is 1.69. The molecule has 0 saturated carbocycles. The zero-order chi connectivity index (χ0) is 16.9. The standard InChI is InChI=1S/C18H20N2O4/c1-23-15-7-3-2-6-14(15)17(21)19-9-5-10-20(12-11-19)18(22)16-8-4-13-24-16/h2-4,6-8,13H,5,9-12H2,1H3. The van der Waals surface area contributed by atoms with Crippen LogP contribution in [0.25, 0.3) is 0 Å². The molecule has 6 heteroatoms. The molecule has 2 heterocycles. The maximum Gasteiger partial charge on any atom is 0.289 e. The van der Waals surface area contributed by atoms with Gasteiger partial charge in [0.2, 0.25) is 0 Å². The molecule has 0 radical (unpaired) electrons. The van der Waals surface area contributed by atoms with Gasteiger partial charge in [-0.25, -0.2) is 0 Å². The van der Waals surface area contributed by atoms with Gasteiger partial charge in [-0.2, -0.15) is 0 Å². The van der Waals surface area contributed by atoms with E-state index in [-0.39, 0.29) is 11.8 Å². The lowest BCUT2D eigenvalue weighted by atomic mass is 10.1. The Hall–Kier alpha value is -2.76. The molecular weight excluding hydrogens is 308 g/mol. The summed E-state index contributed by atoms with van der Waals surface area (Å²) in [7, 11) is 1.55. The van der Waals surface area contributed by atoms with Crippen molar-refractivity contribution in [3.05, 3.63) is 54.0 Å². The average molecular weight is 328 g/mol. The molecule has 24 heavy (non-hydrogen) atoms. The van der Waals surface area contributed by atoms with Gasteiger partial charge in [0, 0.05) is 26.2 Å². The molecule has 0 atom stereocenters. The average Bonchev–Trinajstić information content (AvgIpc) is 3.05. The van der Waals surface area contributed by atoms with Gasteiger partial charge in [-0.05, 0) is 30.7 Å². The quantitative estimate of drug-likeness (QED) is 0.867. The van der Waals surface area contributed by atoms with Crippen LogP contribution >= 0.6 is 0 Å². The minimum atomic E-state index is -0.133. The predicted molar refractivity (Wildman–Crippen MR) is 88.1 cm³/mol. The first-order valence-electron chi connectivity index (χ1n) is 7.96. The van der Waals surface area contributed by atoms with E-state index in [4.69, 9.17) is 9.15 Å². The highest BCUT2D eigenvalue weighted by Crippen LogP contribution is 2.20. The number of amides is 2. The van der Waals surface area contributed by atoms with Crippen molar-refractivity contribution in [1.82, 2.24) is 9.80 Å². The van der Waals surface area contributed by atoms with Crippen LogP contribution in [0.5, 0.6) is 5.75 Å². The van der Waals surface area contributed by atoms with E-state index in [1.165, 1.54) is 6.26 Å². The first-order valence-corrected chi connectivity index (χ1v) is 7.96. The second-order valence-corrected chi connectivity index (χ2v) is 5.62. The normalized spacial score (nSPS) is 15.0. The van der Waals surface area contributed by atoms with Gasteiger partial charge < -0.3 is 19.0 Å². The summed E-state index contributed by atoms with van der Waals surface area (Å²) in [6.07, 6.45) is 2.22. The summed E-state index contributed by atoms with van der Waals surface area (Å²) in [5.41, 5.74) is 0.547. The Kier molecular flexibility index (Phi) is 4.84. The van der Waals surface area contributed by atoms with E-state index in [1.54, 1.807) is 41.2 Å². The summed E-state index contributed by atoms with van der Waals surface area (Å²) < 4.78 is 10.4. The lowest BCUT2D eigenvalue weighted by molar-refractivity contribution is 0.0699. The van der Waals surface area contributed by atoms with Crippen molar-refractivity contribution in [2.75, 3.05) is 33.3 Å². The zero-order valence-corrected chi connectivity index (χ0v) is 13.6. The fourth-order valence-electron chi connectivity index (χ4n) is 2.87. The minimum Gasteiger partial charge on any atom is -0.496 e. The molecular formula is C18H20N2O4. The molecule has 0 bridgehead atoms. The molecule has 0 N–H and O–H groups in total. The Morgan fingerprint density at radius 1 is 0.958 bits per heavy atom. The van der Waals surface area contributed by atoms with Crippen LogP contribution in [0.2, 0.25) is 0 Å². The highest BCUT2D eigenvalue weighted by atomic mass is 16.5. The zero-order valence-electron chi connectivity index (χ0n) is 13.6. The molecule has 0 aliphatic carbocycles. The second-order valence-electron chi connectivity index (χ2n) is 5.62. The number of hydrogen-bond acceptors (Lipinski definition) is 4. The van der Waals surface area contributed by atoms with Crippen LogP contribution in [0.3, 0.4) is 0 Å². The molecule has 1 aliphatic rings. The summed E-state index contributed by atoms with van der Waals surface area (Å²) >= 11 is 0. The molecule has 1 aromatic heterocycles. The third kappa shape index (κ3) is 3.27. The van der Waals surface area contributed by atoms with Crippen LogP contribution in [0, 0.1) is 0 Å². The topological polar surface area (TPSA) is 63.0 Å². The lowest BCUT2D eigenvalue weighted by Gasteiger charge is -2.22. The largest absolute Gasteiger partial charge is 0.496 e. The third-order valence-electron chi connectivity index (χ3n) is 4.14. The Morgan fingerprint density at radius 3 is 2.33 bits per heavy atom. The van der Waals surface area contributed by atoms with Crippen molar-refractivity contribution < 1.29 is 18.7 Å². The van der Waals surface area contributed by atoms with Crippen LogP contribution in [-0.4, -0.2) is 54.9 Å². The molecule has 3 rings (SSSR count). The van der Waals surface area contributed by atoms with E-state index in [1.807, 2.05) is 12.1 Å². The molecule has 1 saturated heterocycles. The van der Waals surface area contributed by atoms with E-state index in [0.717, 1.165) is 6.42 Å². The third-order valence-corrected chi connectivity index (χ3v) is 4.14. The number of rotatable bonds is 3. The van der Waals surface area contributed by atoms with Gasteiger partial charge in [0.15, 0.2) is 5.76 Å². The lowest BCUT2D eigenvalue weighted by Crippen LogP contribution is -2.37. The summed E-state index contributed by atoms with van der Waals surface area (Å²) in [6, 6.07) is 10.5. The first kappa shape index (κ1) is 16.1. The molecule has 0 unspecified atom stereocenters. The van der Waals surface area contributed by atoms with Crippen LogP contribution in [-0.2, 0) is 0 Å². The number of furan rings is 1. The van der Waals surface area contributed by atoms with Gasteiger partial charge in [-0.15, -0.1) is 0 Å². The van der Waals surface area contributed by atoms with Gasteiger partial charge in [-0.3, -0.25) is 9.59 Å². The van der Waals surface area contributed by atoms with E-state index in [9.17, 15) is 9.59 Å². The van der Waals surface area contributed by atoms with Crippen molar-refractivity contribution in [2.24, 2.45) is 0 Å². The van der Waals surface area contributed by atoms with Gasteiger partial charge in [-0.1, -0.05) is 12.1 Å². The fourth-order valence-corrected chi connectivity index (χ4v) is 2.87. The molecule has 1 fully saturated rings. The number of carbonyl (C=O) groups is 2. The molecule has 1 aliphatic heterocycles. The monoisotopic (exact) mass is 328 g/mol. The van der Waals surface area contributed by atoms with Gasteiger partial charge >= 0.3 is 0 Å². The molecule has 1 aromatic carbocycles. The minimum absolute atomic E-state index is 0.0697. The summed E-state index contributed by atoms with van der Waals surface area (Å²) in [4.78, 5) is 28.6. The SMILES string of the molecule is COc1ccccc1C(=O)N1CCCN(C(=O)c2ccco2)CC1. The molecule has 6 nitrogen and oxygen atoms in total. The number of para-hydroxylation sites is 1. The number of methoxy groups -OCH3 is 1. The summed E-state index contributed by atoms with van der Waals surface area (Å²) in [5, 5.41) is 0. The van der Waals surface area contributed by atoms with Gasteiger partial charge in [0.1, 0.15) is 5.75 Å². The summed E-state index contributed by atoms with van der Waals surface area (Å²) in [6.45, 7) is 2.19. The summed E-state index contributed by atoms with van der Waals surface area (Å²) in [5.74, 6) is 0.695. The van der Waals surface area contributed by atoms with Crippen LogP contribution in [0.15, 0.2) is 47.1 Å². The molecule has 0 spiro atoms. The van der Waals surface area contributed by atoms with E-state index < -0.39 is 0 Å². The van der Waals surface area contributed by atoms with Gasteiger partial charge in [0.05, 0.1) is 18.9 Å². The Morgan fingerprint density at radius 2 is 1.67 bits per heavy atom. The predicted octanol–water partition coefficient (Wildman–Crippen LogP) is 2.28. The number of ether oxygens (including phenoxy) is 1. The molecule has 2 amide bonds. The van der Waals surface area contributed by atoms with E-state index in [2.05, 4.69) is 0 Å². The number of carbonyl (C=O) groups excluding carboxylic acids is 2. The fraction of sp³-hybridized carbons (Fsp3) is 0.333. The Bertz CT molecular complexity index is 712. The second kappa shape index (κ2) is 7.21. The van der Waals surface area contributed by atoms with Crippen molar-refractivity contribution in [3.8, 4) is 5.75 Å². The van der Waals surface area contributed by atoms with Gasteiger partial charge in [0.25, 0.3) is 11.8 Å². The Labute approximate surface area is 140 Å². The van der Waals surface area contributed by atoms with E-state index >= 15 is 0 Å². The first-order chi connectivity index (χ1) is 11.7.